The summed E-state index contributed by atoms with van der Waals surface area (Å²) in [5, 5.41) is 0. The lowest BCUT2D eigenvalue weighted by Crippen LogP contribution is -2.29. The van der Waals surface area contributed by atoms with Gasteiger partial charge >= 0.3 is 0 Å². The highest BCUT2D eigenvalue weighted by molar-refractivity contribution is 5.77. The highest BCUT2D eigenvalue weighted by Gasteiger charge is 2.53. The minimum Gasteiger partial charge on any atom is -0.340 e. The van der Waals surface area contributed by atoms with E-state index in [1.807, 2.05) is 11.0 Å². The van der Waals surface area contributed by atoms with Crippen molar-refractivity contribution in [2.75, 3.05) is 6.54 Å². The number of rotatable bonds is 1. The van der Waals surface area contributed by atoms with Gasteiger partial charge in [-0.1, -0.05) is 6.07 Å². The number of hydrogen-bond donors (Lipinski definition) is 1. The second kappa shape index (κ2) is 3.84. The predicted molar refractivity (Wildman–Crippen MR) is 77.2 cm³/mol. The average molecular weight is 269 g/mol. The van der Waals surface area contributed by atoms with E-state index in [9.17, 15) is 4.79 Å². The summed E-state index contributed by atoms with van der Waals surface area (Å²) < 4.78 is 0. The maximum Gasteiger partial charge on any atom is 0.220 e. The van der Waals surface area contributed by atoms with Crippen molar-refractivity contribution in [2.45, 2.75) is 39.2 Å². The lowest BCUT2D eigenvalue weighted by atomic mass is 10.0. The Balaban J connectivity index is 1.75. The Morgan fingerprint density at radius 1 is 1.45 bits per heavy atom. The smallest absolute Gasteiger partial charge is 0.220 e. The highest BCUT2D eigenvalue weighted by atomic mass is 16.2. The second-order valence-electron chi connectivity index (χ2n) is 6.51. The molecular formula is C16H19N3O. The standard InChI is InChI=1S/C16H19N3O/c1-10-3-4-12-13(7-10)18-15(17-12)14-8-16(5-6-16)9-19(14)11(2)20/h3-4,7,14H,5-6,8-9H2,1-2H3,(H,17,18)/t14-/m0/s1. The number of aromatic amines is 1. The summed E-state index contributed by atoms with van der Waals surface area (Å²) in [5.41, 5.74) is 3.68. The quantitative estimate of drug-likeness (QED) is 0.865. The van der Waals surface area contributed by atoms with Gasteiger partial charge in [-0.15, -0.1) is 0 Å². The summed E-state index contributed by atoms with van der Waals surface area (Å²) in [7, 11) is 0. The number of fused-ring (bicyclic) bond motifs is 1. The summed E-state index contributed by atoms with van der Waals surface area (Å²) in [4.78, 5) is 22.0. The lowest BCUT2D eigenvalue weighted by molar-refractivity contribution is -0.130. The number of hydrogen-bond acceptors (Lipinski definition) is 2. The molecule has 0 bridgehead atoms. The molecule has 2 heterocycles. The monoisotopic (exact) mass is 269 g/mol. The van der Waals surface area contributed by atoms with E-state index in [0.717, 1.165) is 29.8 Å². The van der Waals surface area contributed by atoms with Gasteiger partial charge in [0.25, 0.3) is 0 Å². The number of imidazole rings is 1. The largest absolute Gasteiger partial charge is 0.340 e. The van der Waals surface area contributed by atoms with Crippen molar-refractivity contribution in [3.05, 3.63) is 29.6 Å². The number of likely N-dealkylation sites (tertiary alicyclic amines) is 1. The molecule has 1 aromatic carbocycles. The maximum absolute atomic E-state index is 11.9. The van der Waals surface area contributed by atoms with E-state index in [4.69, 9.17) is 4.98 Å². The first-order valence-corrected chi connectivity index (χ1v) is 7.30. The van der Waals surface area contributed by atoms with E-state index < -0.39 is 0 Å². The van der Waals surface area contributed by atoms with Gasteiger partial charge in [-0.25, -0.2) is 4.98 Å². The van der Waals surface area contributed by atoms with Gasteiger partial charge in [0, 0.05) is 13.5 Å². The van der Waals surface area contributed by atoms with Crippen LogP contribution in [0, 0.1) is 12.3 Å². The number of nitrogens with zero attached hydrogens (tertiary/aromatic N) is 2. The van der Waals surface area contributed by atoms with Gasteiger partial charge in [0.05, 0.1) is 17.1 Å². The fraction of sp³-hybridized carbons (Fsp3) is 0.500. The Bertz CT molecular complexity index is 699. The van der Waals surface area contributed by atoms with Crippen LogP contribution in [0.1, 0.15) is 43.6 Å². The summed E-state index contributed by atoms with van der Waals surface area (Å²) in [6.45, 7) is 4.65. The van der Waals surface area contributed by atoms with Crippen LogP contribution in [0.25, 0.3) is 11.0 Å². The van der Waals surface area contributed by atoms with Crippen LogP contribution in [0.2, 0.25) is 0 Å². The van der Waals surface area contributed by atoms with Crippen molar-refractivity contribution in [3.8, 4) is 0 Å². The summed E-state index contributed by atoms with van der Waals surface area (Å²) in [6, 6.07) is 6.37. The van der Waals surface area contributed by atoms with Crippen molar-refractivity contribution < 1.29 is 4.79 Å². The number of carbonyl (C=O) groups excluding carboxylic acids is 1. The minimum absolute atomic E-state index is 0.128. The van der Waals surface area contributed by atoms with E-state index >= 15 is 0 Å². The molecule has 2 fully saturated rings. The van der Waals surface area contributed by atoms with E-state index in [1.54, 1.807) is 6.92 Å². The van der Waals surface area contributed by atoms with E-state index in [-0.39, 0.29) is 11.9 Å². The zero-order chi connectivity index (χ0) is 13.9. The van der Waals surface area contributed by atoms with Gasteiger partial charge in [0.15, 0.2) is 0 Å². The number of nitrogens with one attached hydrogen (secondary N) is 1. The molecule has 20 heavy (non-hydrogen) atoms. The molecule has 1 saturated carbocycles. The molecule has 4 nitrogen and oxygen atoms in total. The second-order valence-corrected chi connectivity index (χ2v) is 6.51. The first-order chi connectivity index (χ1) is 9.56. The van der Waals surface area contributed by atoms with Gasteiger partial charge < -0.3 is 9.88 Å². The molecule has 1 aromatic heterocycles. The molecule has 1 N–H and O–H groups in total. The van der Waals surface area contributed by atoms with E-state index in [2.05, 4.69) is 24.0 Å². The molecule has 1 aliphatic carbocycles. The van der Waals surface area contributed by atoms with Crippen LogP contribution in [0.3, 0.4) is 0 Å². The molecule has 1 saturated heterocycles. The van der Waals surface area contributed by atoms with E-state index in [1.165, 1.54) is 18.4 Å². The van der Waals surface area contributed by atoms with Crippen molar-refractivity contribution in [1.29, 1.82) is 0 Å². The molecule has 2 aromatic rings. The van der Waals surface area contributed by atoms with Crippen molar-refractivity contribution in [1.82, 2.24) is 14.9 Å². The van der Waals surface area contributed by atoms with Crippen LogP contribution in [0.5, 0.6) is 0 Å². The van der Waals surface area contributed by atoms with Gasteiger partial charge in [-0.05, 0) is 49.3 Å². The van der Waals surface area contributed by atoms with Crippen molar-refractivity contribution in [2.24, 2.45) is 5.41 Å². The zero-order valence-corrected chi connectivity index (χ0v) is 11.9. The summed E-state index contributed by atoms with van der Waals surface area (Å²) >= 11 is 0. The molecular weight excluding hydrogens is 250 g/mol. The Hall–Kier alpha value is -1.84. The van der Waals surface area contributed by atoms with Crippen LogP contribution in [-0.2, 0) is 4.79 Å². The predicted octanol–water partition coefficient (Wildman–Crippen LogP) is 2.94. The van der Waals surface area contributed by atoms with Crippen molar-refractivity contribution >= 4 is 16.9 Å². The molecule has 104 valence electrons. The van der Waals surface area contributed by atoms with Gasteiger partial charge in [0.1, 0.15) is 5.82 Å². The molecule has 1 spiro atoms. The van der Waals surface area contributed by atoms with Gasteiger partial charge in [0.2, 0.25) is 5.91 Å². The summed E-state index contributed by atoms with van der Waals surface area (Å²) in [6.07, 6.45) is 3.57. The number of carbonyl (C=O) groups is 1. The average Bonchev–Trinajstić information content (AvgIpc) is 2.84. The Kier molecular flexibility index (Phi) is 2.29. The first-order valence-electron chi connectivity index (χ1n) is 7.30. The molecule has 0 unspecified atom stereocenters. The Morgan fingerprint density at radius 3 is 2.95 bits per heavy atom. The van der Waals surface area contributed by atoms with Gasteiger partial charge in [-0.3, -0.25) is 4.79 Å². The normalized spacial score (nSPS) is 23.7. The van der Waals surface area contributed by atoms with Crippen LogP contribution < -0.4 is 0 Å². The van der Waals surface area contributed by atoms with Crippen LogP contribution >= 0.6 is 0 Å². The van der Waals surface area contributed by atoms with E-state index in [0.29, 0.717) is 5.41 Å². The Labute approximate surface area is 118 Å². The highest BCUT2D eigenvalue weighted by Crippen LogP contribution is 2.58. The fourth-order valence-electron chi connectivity index (χ4n) is 3.47. The third kappa shape index (κ3) is 1.74. The van der Waals surface area contributed by atoms with Crippen LogP contribution in [-0.4, -0.2) is 27.3 Å². The third-order valence-electron chi connectivity index (χ3n) is 4.84. The number of aromatic nitrogens is 2. The van der Waals surface area contributed by atoms with Gasteiger partial charge in [-0.2, -0.15) is 0 Å². The zero-order valence-electron chi connectivity index (χ0n) is 11.9. The SMILES string of the molecule is CC(=O)N1CC2(CC2)C[C@H]1c1nc2ccc(C)cc2[nH]1. The van der Waals surface area contributed by atoms with Crippen LogP contribution in [0.4, 0.5) is 0 Å². The number of benzene rings is 1. The first kappa shape index (κ1) is 11.9. The molecule has 2 aliphatic rings. The summed E-state index contributed by atoms with van der Waals surface area (Å²) in [5.74, 6) is 1.11. The topological polar surface area (TPSA) is 49.0 Å². The fourth-order valence-corrected chi connectivity index (χ4v) is 3.47. The molecule has 1 atom stereocenters. The molecule has 1 amide bonds. The maximum atomic E-state index is 11.9. The number of H-pyrrole nitrogens is 1. The molecule has 4 heteroatoms. The Morgan fingerprint density at radius 2 is 2.25 bits per heavy atom. The lowest BCUT2D eigenvalue weighted by Gasteiger charge is -2.21. The number of amides is 1. The third-order valence-corrected chi connectivity index (χ3v) is 4.84. The van der Waals surface area contributed by atoms with Crippen LogP contribution in [0.15, 0.2) is 18.2 Å². The van der Waals surface area contributed by atoms with Crippen molar-refractivity contribution in [3.63, 3.8) is 0 Å². The molecule has 0 radical (unpaired) electrons. The molecule has 1 aliphatic heterocycles. The molecule has 4 rings (SSSR count). The minimum atomic E-state index is 0.128. The number of aryl methyl sites for hydroxylation is 1.